The first-order valence-electron chi connectivity index (χ1n) is 3.25. The fourth-order valence-corrected chi connectivity index (χ4v) is 2.69. The molecule has 1 aromatic rings. The smallest absolute Gasteiger partial charge is 0 e. The molecule has 0 amide bonds. The van der Waals surface area contributed by atoms with Crippen molar-refractivity contribution in [2.24, 2.45) is 0 Å². The summed E-state index contributed by atoms with van der Waals surface area (Å²) < 4.78 is 5.50. The van der Waals surface area contributed by atoms with Gasteiger partial charge in [0.05, 0.1) is 0 Å². The minimum atomic E-state index is 0. The zero-order valence-corrected chi connectivity index (χ0v) is 36.3. The number of nitrogens with zero attached hydrogens (tertiary/aromatic N) is 1. The van der Waals surface area contributed by atoms with E-state index in [1.54, 1.807) is 19.4 Å². The van der Waals surface area contributed by atoms with Crippen molar-refractivity contribution < 1.29 is 223 Å². The molecular weight excluding hydrogens is 1540 g/mol. The molecule has 0 aliphatic carbocycles. The molecule has 0 unspecified atom stereocenters. The van der Waals surface area contributed by atoms with E-state index in [9.17, 15) is 0 Å². The summed E-state index contributed by atoms with van der Waals surface area (Å²) in [6.07, 6.45) is 0. The van der Waals surface area contributed by atoms with Crippen LogP contribution in [0.25, 0.3) is 3.31 Å². The number of hydrogen-bond donors (Lipinski definition) is 0. The summed E-state index contributed by atoms with van der Waals surface area (Å²) in [6, 6.07) is 4.30. The van der Waals surface area contributed by atoms with E-state index in [1.807, 2.05) is 0 Å². The number of hydrogen-bond acceptors (Lipinski definition) is 0. The van der Waals surface area contributed by atoms with Crippen LogP contribution in [0.1, 0.15) is 11.1 Å². The first kappa shape index (κ1) is 244. The molecule has 19 nitrogen and oxygen atoms in total. The fourth-order valence-electron chi connectivity index (χ4n) is 1.05. The molecule has 36 N–H and O–H groups in total. The van der Waals surface area contributed by atoms with Crippen LogP contribution in [0.4, 0.5) is 5.69 Å². The molecule has 0 aromatic heterocycles. The largest absolute Gasteiger partial charge is 0.412 e. The molecule has 0 aliphatic rings. The summed E-state index contributed by atoms with van der Waals surface area (Å²) in [6.45, 7) is 4.19. The summed E-state index contributed by atoms with van der Waals surface area (Å²) in [7, 11) is 0. The molecule has 34 heavy (non-hydrogen) atoms. The van der Waals surface area contributed by atoms with E-state index in [0.29, 0.717) is 0 Å². The van der Waals surface area contributed by atoms with E-state index in [-0.39, 0.29) is 204 Å². The maximum absolute atomic E-state index is 4.22. The monoisotopic (exact) mass is 1590 g/mol. The Morgan fingerprint density at radius 2 is 0.618 bits per heavy atom. The van der Waals surface area contributed by atoms with Crippen molar-refractivity contribution in [2.75, 3.05) is 0 Å². The van der Waals surface area contributed by atoms with Gasteiger partial charge in [-0.15, -0.1) is 0 Å². The number of rotatable bonds is 0. The van der Waals surface area contributed by atoms with Crippen LogP contribution < -0.4 is 0 Å². The molecule has 0 bridgehead atoms. The second-order valence-corrected chi connectivity index (χ2v) is 4.17. The van der Waals surface area contributed by atoms with Gasteiger partial charge in [-0.25, -0.2) is 0 Å². The first-order valence-corrected chi connectivity index (χ1v) is 5.23. The number of halogens is 1. The molecule has 26 heteroatoms. The van der Waals surface area contributed by atoms with Crippen LogP contribution in [0.15, 0.2) is 12.1 Å². The summed E-state index contributed by atoms with van der Waals surface area (Å²) in [4.78, 5) is 0. The average molecular weight is 1580 g/mol. The molecule has 231 valence electrons. The second-order valence-electron chi connectivity index (χ2n) is 2.48. The predicted molar refractivity (Wildman–Crippen MR) is 117 cm³/mol. The van der Waals surface area contributed by atoms with E-state index >= 15 is 0 Å². The average Bonchev–Trinajstić information content (AvgIpc) is 1.85. The van der Waals surface area contributed by atoms with Gasteiger partial charge >= 0.3 is 91.7 Å². The molecule has 1 rings (SSSR count). The molecule has 0 saturated heterocycles. The molecule has 0 aliphatic heterocycles. The molecule has 0 spiro atoms. The van der Waals surface area contributed by atoms with Gasteiger partial charge in [-0.2, -0.15) is 0 Å². The van der Waals surface area contributed by atoms with Crippen LogP contribution in [-0.4, -0.2) is 98.6 Å². The summed E-state index contributed by atoms with van der Waals surface area (Å²) in [5.41, 5.74) is 3.66. The van der Waals surface area contributed by atoms with Crippen molar-refractivity contribution >= 4 is 28.3 Å². The van der Waals surface area contributed by atoms with E-state index in [2.05, 4.69) is 51.9 Å². The van der Waals surface area contributed by atoms with E-state index in [0.717, 1.165) is 5.69 Å². The zero-order valence-electron chi connectivity index (χ0n) is 17.4. The number of aryl methyl sites for hydroxylation is 2. The second kappa shape index (κ2) is 136. The van der Waals surface area contributed by atoms with Crippen LogP contribution in [0.2, 0.25) is 0 Å². The minimum absolute atomic E-state index is 0. The third-order valence-electron chi connectivity index (χ3n) is 1.55. The van der Waals surface area contributed by atoms with Gasteiger partial charge in [0.1, 0.15) is 0 Å². The molecule has 0 heterocycles. The third kappa shape index (κ3) is 91.7. The topological polar surface area (TPSA) is 571 Å². The van der Waals surface area contributed by atoms with Crippen LogP contribution in [0.3, 0.4) is 0 Å². The Bertz CT molecular complexity index is 353. The number of benzene rings is 1. The standard InChI is InChI=1S/C8H8IN.Mo.18H2O.5W/c1-5-3-7(9)4-6(2)8(5)10;;;;;;;;;;;;;;;;;;;;;;;;/h3-4H,1-2H3;;18*1H2;;;;;/q+1;;;;;;;;;;;;;;;;;;;;;;;;. The van der Waals surface area contributed by atoms with Crippen molar-refractivity contribution in [3.05, 3.63) is 30.1 Å². The van der Waals surface area contributed by atoms with Crippen LogP contribution in [0, 0.1) is 17.4 Å². The van der Waals surface area contributed by atoms with E-state index < -0.39 is 0 Å². The van der Waals surface area contributed by atoms with Crippen molar-refractivity contribution in [3.63, 3.8) is 0 Å². The normalized spacial score (nSPS) is 3.00. The Labute approximate surface area is 292 Å². The molecule has 0 radical (unpaired) electrons. The zero-order chi connectivity index (χ0) is 8.43. The summed E-state index contributed by atoms with van der Waals surface area (Å²) in [5, 5.41) is 0. The molecule has 0 saturated carbocycles. The van der Waals surface area contributed by atoms with Gasteiger partial charge in [0.15, 0.2) is 0 Å². The molecule has 1 aromatic carbocycles. The molecular formula is C8H44IMoNO18W5+. The maximum Gasteiger partial charge on any atom is 0 e. The SMILES string of the molecule is Cc1cc(I)cc(C)c1[N+]#[Mo].O.O.O.O.O.O.O.O.O.O.O.O.O.O.O.O.O.O.[W].[W].[W].[W].[W]. The predicted octanol–water partition coefficient (Wildman–Crippen LogP) is -11.5. The van der Waals surface area contributed by atoms with Crippen molar-refractivity contribution in [1.82, 2.24) is 0 Å². The van der Waals surface area contributed by atoms with Gasteiger partial charge in [0, 0.05) is 105 Å². The van der Waals surface area contributed by atoms with Gasteiger partial charge in [0.2, 0.25) is 0 Å². The fraction of sp³-hybridized carbons (Fsp3) is 0.250. The first-order chi connectivity index (χ1) is 5.15. The quantitative estimate of drug-likeness (QED) is 0.173. The Balaban J connectivity index is -0.00000000251. The van der Waals surface area contributed by atoms with Crippen LogP contribution >= 0.6 is 22.6 Å². The van der Waals surface area contributed by atoms with Crippen molar-refractivity contribution in [1.29, 1.82) is 0 Å². The minimum Gasteiger partial charge on any atom is -0.412 e. The van der Waals surface area contributed by atoms with Gasteiger partial charge in [-0.1, -0.05) is 0 Å². The summed E-state index contributed by atoms with van der Waals surface area (Å²) >= 11 is 4.09. The van der Waals surface area contributed by atoms with Crippen LogP contribution in [0.5, 0.6) is 0 Å². The Morgan fingerprint density at radius 1 is 0.471 bits per heavy atom. The van der Waals surface area contributed by atoms with E-state index in [4.69, 9.17) is 0 Å². The summed E-state index contributed by atoms with van der Waals surface area (Å²) in [5.74, 6) is 0. The van der Waals surface area contributed by atoms with E-state index in [1.165, 1.54) is 14.7 Å². The Hall–Kier alpha value is 3.07. The van der Waals surface area contributed by atoms with Crippen molar-refractivity contribution in [3.8, 4) is 0 Å². The van der Waals surface area contributed by atoms with Gasteiger partial charge < -0.3 is 98.6 Å². The van der Waals surface area contributed by atoms with Gasteiger partial charge in [-0.05, 0) is 0 Å². The third-order valence-corrected chi connectivity index (χ3v) is 2.62. The van der Waals surface area contributed by atoms with Crippen LogP contribution in [-0.2, 0) is 125 Å². The Morgan fingerprint density at radius 3 is 0.735 bits per heavy atom. The molecule has 0 fully saturated rings. The Kier molecular flexibility index (Phi) is 974. The maximum atomic E-state index is 4.22. The van der Waals surface area contributed by atoms with Crippen molar-refractivity contribution in [2.45, 2.75) is 13.8 Å². The van der Waals surface area contributed by atoms with Gasteiger partial charge in [0.25, 0.3) is 0 Å². The van der Waals surface area contributed by atoms with Gasteiger partial charge in [-0.3, -0.25) is 0 Å². The molecule has 0 atom stereocenters.